The molecule has 0 fully saturated rings. The van der Waals surface area contributed by atoms with Crippen molar-refractivity contribution in [2.45, 2.75) is 51.4 Å². The van der Waals surface area contributed by atoms with Crippen molar-refractivity contribution in [1.82, 2.24) is 9.55 Å². The number of nitrogens with two attached hydrogens (primary N) is 1. The van der Waals surface area contributed by atoms with E-state index in [4.69, 9.17) is 5.73 Å². The quantitative estimate of drug-likeness (QED) is 0.712. The van der Waals surface area contributed by atoms with Gasteiger partial charge in [0.2, 0.25) is 0 Å². The third-order valence-electron chi connectivity index (χ3n) is 2.81. The van der Waals surface area contributed by atoms with Gasteiger partial charge in [0.15, 0.2) is 0 Å². The predicted octanol–water partition coefficient (Wildman–Crippen LogP) is 1.92. The van der Waals surface area contributed by atoms with Crippen molar-refractivity contribution in [3.05, 3.63) is 17.7 Å². The van der Waals surface area contributed by atoms with Crippen molar-refractivity contribution in [2.24, 2.45) is 5.73 Å². The summed E-state index contributed by atoms with van der Waals surface area (Å²) in [6, 6.07) is -0.259. The molecular formula is C11H18FN3. The van der Waals surface area contributed by atoms with Crippen LogP contribution in [-0.4, -0.2) is 15.7 Å². The van der Waals surface area contributed by atoms with Crippen LogP contribution in [0.25, 0.3) is 0 Å². The Hall–Kier alpha value is -0.900. The molecule has 4 heteroatoms. The first kappa shape index (κ1) is 10.6. The van der Waals surface area contributed by atoms with Crippen LogP contribution in [-0.2, 0) is 12.0 Å². The van der Waals surface area contributed by atoms with E-state index >= 15 is 0 Å². The first-order chi connectivity index (χ1) is 6.88. The summed E-state index contributed by atoms with van der Waals surface area (Å²) in [7, 11) is 0. The molecule has 0 bridgehead atoms. The van der Waals surface area contributed by atoms with Gasteiger partial charge in [-0.05, 0) is 0 Å². The Morgan fingerprint density at radius 2 is 2.20 bits per heavy atom. The Morgan fingerprint density at radius 3 is 2.80 bits per heavy atom. The summed E-state index contributed by atoms with van der Waals surface area (Å²) in [6.07, 6.45) is 1.48. The monoisotopic (exact) mass is 211 g/mol. The lowest BCUT2D eigenvalue weighted by Crippen LogP contribution is -2.29. The summed E-state index contributed by atoms with van der Waals surface area (Å²) in [5, 5.41) is 0. The summed E-state index contributed by atoms with van der Waals surface area (Å²) < 4.78 is 15.2. The van der Waals surface area contributed by atoms with Crippen molar-refractivity contribution in [3.8, 4) is 0 Å². The Balaban J connectivity index is 2.39. The third kappa shape index (κ3) is 1.91. The molecule has 84 valence electrons. The van der Waals surface area contributed by atoms with E-state index in [1.165, 1.54) is 0 Å². The minimum absolute atomic E-state index is 0.00410. The first-order valence-electron chi connectivity index (χ1n) is 5.35. The Morgan fingerprint density at radius 1 is 1.53 bits per heavy atom. The zero-order valence-electron chi connectivity index (χ0n) is 9.50. The number of fused-ring (bicyclic) bond motifs is 1. The number of hydrogen-bond acceptors (Lipinski definition) is 2. The molecule has 1 aromatic heterocycles. The molecule has 2 atom stereocenters. The van der Waals surface area contributed by atoms with E-state index in [1.54, 1.807) is 0 Å². The molecule has 0 aromatic carbocycles. The van der Waals surface area contributed by atoms with Gasteiger partial charge in [0.25, 0.3) is 0 Å². The van der Waals surface area contributed by atoms with Crippen LogP contribution in [0.4, 0.5) is 4.39 Å². The van der Waals surface area contributed by atoms with Crippen LogP contribution in [0.15, 0.2) is 6.20 Å². The van der Waals surface area contributed by atoms with Gasteiger partial charge in [0.05, 0.1) is 18.3 Å². The second kappa shape index (κ2) is 3.30. The van der Waals surface area contributed by atoms with E-state index in [0.29, 0.717) is 13.0 Å². The SMILES string of the molecule is CC(C)(C)c1cn2c(n1)C(N)CC(F)C2. The highest BCUT2D eigenvalue weighted by Crippen LogP contribution is 2.28. The molecule has 1 aliphatic heterocycles. The molecule has 15 heavy (non-hydrogen) atoms. The maximum absolute atomic E-state index is 13.3. The fourth-order valence-corrected chi connectivity index (χ4v) is 1.90. The summed E-state index contributed by atoms with van der Waals surface area (Å²) in [4.78, 5) is 4.51. The Kier molecular flexibility index (Phi) is 2.34. The number of hydrogen-bond donors (Lipinski definition) is 1. The van der Waals surface area contributed by atoms with Gasteiger partial charge < -0.3 is 10.3 Å². The van der Waals surface area contributed by atoms with Crippen LogP contribution in [0.2, 0.25) is 0 Å². The minimum Gasteiger partial charge on any atom is -0.330 e. The van der Waals surface area contributed by atoms with Crippen molar-refractivity contribution in [1.29, 1.82) is 0 Å². The number of rotatable bonds is 0. The zero-order chi connectivity index (χ0) is 11.2. The third-order valence-corrected chi connectivity index (χ3v) is 2.81. The molecule has 0 radical (unpaired) electrons. The highest BCUT2D eigenvalue weighted by molar-refractivity contribution is 5.16. The van der Waals surface area contributed by atoms with Crippen molar-refractivity contribution in [3.63, 3.8) is 0 Å². The van der Waals surface area contributed by atoms with E-state index in [2.05, 4.69) is 25.8 Å². The molecule has 2 rings (SSSR count). The number of aromatic nitrogens is 2. The fourth-order valence-electron chi connectivity index (χ4n) is 1.90. The van der Waals surface area contributed by atoms with Crippen LogP contribution in [0.5, 0.6) is 0 Å². The minimum atomic E-state index is -0.838. The maximum Gasteiger partial charge on any atom is 0.126 e. The van der Waals surface area contributed by atoms with Crippen LogP contribution in [0, 0.1) is 0 Å². The van der Waals surface area contributed by atoms with Gasteiger partial charge in [-0.1, -0.05) is 20.8 Å². The smallest absolute Gasteiger partial charge is 0.126 e. The maximum atomic E-state index is 13.3. The van der Waals surface area contributed by atoms with Gasteiger partial charge in [0.1, 0.15) is 12.0 Å². The van der Waals surface area contributed by atoms with Crippen LogP contribution in [0.1, 0.15) is 44.8 Å². The number of alkyl halides is 1. The molecule has 0 aliphatic carbocycles. The lowest BCUT2D eigenvalue weighted by Gasteiger charge is -2.22. The fraction of sp³-hybridized carbons (Fsp3) is 0.727. The normalized spacial score (nSPS) is 26.5. The standard InChI is InChI=1S/C11H18FN3/c1-11(2,3)9-6-15-5-7(12)4-8(13)10(15)14-9/h6-8H,4-5,13H2,1-3H3. The van der Waals surface area contributed by atoms with Gasteiger partial charge in [-0.15, -0.1) is 0 Å². The van der Waals surface area contributed by atoms with Gasteiger partial charge >= 0.3 is 0 Å². The predicted molar refractivity (Wildman–Crippen MR) is 57.4 cm³/mol. The van der Waals surface area contributed by atoms with E-state index < -0.39 is 6.17 Å². The first-order valence-corrected chi connectivity index (χ1v) is 5.35. The van der Waals surface area contributed by atoms with Crippen LogP contribution < -0.4 is 5.73 Å². The topological polar surface area (TPSA) is 43.8 Å². The van der Waals surface area contributed by atoms with Gasteiger partial charge in [-0.25, -0.2) is 9.37 Å². The second-order valence-electron chi connectivity index (χ2n) is 5.33. The number of nitrogens with zero attached hydrogens (tertiary/aromatic N) is 2. The highest BCUT2D eigenvalue weighted by Gasteiger charge is 2.28. The Labute approximate surface area is 89.5 Å². The van der Waals surface area contributed by atoms with Crippen molar-refractivity contribution >= 4 is 0 Å². The summed E-state index contributed by atoms with van der Waals surface area (Å²) in [5.74, 6) is 0.828. The molecule has 1 aliphatic rings. The highest BCUT2D eigenvalue weighted by atomic mass is 19.1. The van der Waals surface area contributed by atoms with Gasteiger partial charge in [-0.2, -0.15) is 0 Å². The van der Waals surface area contributed by atoms with E-state index in [9.17, 15) is 4.39 Å². The van der Waals surface area contributed by atoms with E-state index in [-0.39, 0.29) is 11.5 Å². The van der Waals surface area contributed by atoms with Crippen LogP contribution in [0.3, 0.4) is 0 Å². The molecular weight excluding hydrogens is 193 g/mol. The number of halogens is 1. The summed E-state index contributed by atoms with van der Waals surface area (Å²) in [6.45, 7) is 6.69. The Bertz CT molecular complexity index is 364. The summed E-state index contributed by atoms with van der Waals surface area (Å²) >= 11 is 0. The van der Waals surface area contributed by atoms with Gasteiger partial charge in [0, 0.05) is 18.0 Å². The molecule has 0 saturated heterocycles. The molecule has 2 heterocycles. The molecule has 0 spiro atoms. The van der Waals surface area contributed by atoms with Crippen molar-refractivity contribution in [2.75, 3.05) is 0 Å². The lowest BCUT2D eigenvalue weighted by molar-refractivity contribution is 0.230. The second-order valence-corrected chi connectivity index (χ2v) is 5.33. The molecule has 0 saturated carbocycles. The molecule has 0 amide bonds. The molecule has 3 nitrogen and oxygen atoms in total. The average Bonchev–Trinajstić information content (AvgIpc) is 2.46. The zero-order valence-corrected chi connectivity index (χ0v) is 9.50. The molecule has 2 unspecified atom stereocenters. The van der Waals surface area contributed by atoms with Crippen LogP contribution >= 0.6 is 0 Å². The lowest BCUT2D eigenvalue weighted by atomic mass is 9.93. The average molecular weight is 211 g/mol. The summed E-state index contributed by atoms with van der Waals surface area (Å²) in [5.41, 5.74) is 6.85. The molecule has 1 aromatic rings. The van der Waals surface area contributed by atoms with Gasteiger partial charge in [-0.3, -0.25) is 0 Å². The number of imidazole rings is 1. The van der Waals surface area contributed by atoms with E-state index in [1.807, 2.05) is 10.8 Å². The van der Waals surface area contributed by atoms with Crippen molar-refractivity contribution < 1.29 is 4.39 Å². The largest absolute Gasteiger partial charge is 0.330 e. The van der Waals surface area contributed by atoms with E-state index in [0.717, 1.165) is 11.5 Å². The molecule has 2 N–H and O–H groups in total.